The van der Waals surface area contributed by atoms with Gasteiger partial charge in [0.2, 0.25) is 0 Å². The zero-order valence-corrected chi connectivity index (χ0v) is 9.12. The first kappa shape index (κ1) is 10.2. The first-order valence-electron chi connectivity index (χ1n) is 5.44. The summed E-state index contributed by atoms with van der Waals surface area (Å²) >= 11 is 0. The highest BCUT2D eigenvalue weighted by Crippen LogP contribution is 2.33. The van der Waals surface area contributed by atoms with Crippen LogP contribution in [0.25, 0.3) is 0 Å². The van der Waals surface area contributed by atoms with E-state index in [2.05, 4.69) is 37.8 Å². The SMILES string of the molecule is C=C1CC(c2ccc(C)cc2)CCC1=O. The van der Waals surface area contributed by atoms with E-state index in [1.165, 1.54) is 11.1 Å². The predicted octanol–water partition coefficient (Wildman–Crippen LogP) is 3.39. The molecular formula is C14H16O. The number of hydrogen-bond acceptors (Lipinski definition) is 1. The molecule has 1 atom stereocenters. The maximum Gasteiger partial charge on any atom is 0.158 e. The molecular weight excluding hydrogens is 184 g/mol. The number of Topliss-reactive ketones (excluding diaryl/α,β-unsaturated/α-hetero) is 1. The Balaban J connectivity index is 2.15. The Morgan fingerprint density at radius 3 is 2.53 bits per heavy atom. The monoisotopic (exact) mass is 200 g/mol. The molecule has 0 bridgehead atoms. The number of carbonyl (C=O) groups excluding carboxylic acids is 1. The number of aryl methyl sites for hydroxylation is 1. The van der Waals surface area contributed by atoms with E-state index in [9.17, 15) is 4.79 Å². The lowest BCUT2D eigenvalue weighted by Crippen LogP contribution is -2.14. The molecule has 0 heterocycles. The van der Waals surface area contributed by atoms with Gasteiger partial charge in [-0.05, 0) is 36.8 Å². The molecule has 2 rings (SSSR count). The van der Waals surface area contributed by atoms with Crippen molar-refractivity contribution in [3.8, 4) is 0 Å². The molecule has 1 aromatic carbocycles. The minimum Gasteiger partial charge on any atom is -0.295 e. The molecule has 0 aliphatic heterocycles. The highest BCUT2D eigenvalue weighted by Gasteiger charge is 2.22. The van der Waals surface area contributed by atoms with Crippen LogP contribution in [0.15, 0.2) is 36.4 Å². The largest absolute Gasteiger partial charge is 0.295 e. The number of benzene rings is 1. The average Bonchev–Trinajstić information content (AvgIpc) is 2.23. The van der Waals surface area contributed by atoms with Gasteiger partial charge in [-0.1, -0.05) is 36.4 Å². The topological polar surface area (TPSA) is 17.1 Å². The summed E-state index contributed by atoms with van der Waals surface area (Å²) in [6.07, 6.45) is 2.47. The Hall–Kier alpha value is -1.37. The van der Waals surface area contributed by atoms with E-state index in [0.29, 0.717) is 12.3 Å². The maximum absolute atomic E-state index is 11.3. The van der Waals surface area contributed by atoms with E-state index in [1.807, 2.05) is 0 Å². The van der Waals surface area contributed by atoms with Crippen LogP contribution in [0.3, 0.4) is 0 Å². The van der Waals surface area contributed by atoms with Crippen LogP contribution >= 0.6 is 0 Å². The zero-order chi connectivity index (χ0) is 10.8. The quantitative estimate of drug-likeness (QED) is 0.635. The number of rotatable bonds is 1. The van der Waals surface area contributed by atoms with Crippen molar-refractivity contribution in [2.75, 3.05) is 0 Å². The smallest absolute Gasteiger partial charge is 0.158 e. The van der Waals surface area contributed by atoms with Gasteiger partial charge >= 0.3 is 0 Å². The van der Waals surface area contributed by atoms with Crippen molar-refractivity contribution >= 4 is 5.78 Å². The van der Waals surface area contributed by atoms with Gasteiger partial charge in [-0.2, -0.15) is 0 Å². The Morgan fingerprint density at radius 2 is 1.93 bits per heavy atom. The van der Waals surface area contributed by atoms with Crippen molar-refractivity contribution in [3.05, 3.63) is 47.5 Å². The zero-order valence-electron chi connectivity index (χ0n) is 9.12. The summed E-state index contributed by atoms with van der Waals surface area (Å²) in [5, 5.41) is 0. The maximum atomic E-state index is 11.3. The molecule has 0 N–H and O–H groups in total. The molecule has 0 radical (unpaired) electrons. The molecule has 1 fully saturated rings. The minimum absolute atomic E-state index is 0.248. The molecule has 1 nitrogen and oxygen atoms in total. The van der Waals surface area contributed by atoms with Crippen LogP contribution in [0.1, 0.15) is 36.3 Å². The van der Waals surface area contributed by atoms with E-state index in [0.717, 1.165) is 18.4 Å². The van der Waals surface area contributed by atoms with Gasteiger partial charge in [0.25, 0.3) is 0 Å². The fourth-order valence-electron chi connectivity index (χ4n) is 2.12. The molecule has 78 valence electrons. The molecule has 1 aromatic rings. The highest BCUT2D eigenvalue weighted by atomic mass is 16.1. The summed E-state index contributed by atoms with van der Waals surface area (Å²) in [6.45, 7) is 5.93. The average molecular weight is 200 g/mol. The van der Waals surface area contributed by atoms with Crippen molar-refractivity contribution in [2.45, 2.75) is 32.1 Å². The fourth-order valence-corrected chi connectivity index (χ4v) is 2.12. The normalized spacial score (nSPS) is 21.8. The highest BCUT2D eigenvalue weighted by molar-refractivity contribution is 5.95. The molecule has 1 saturated carbocycles. The molecule has 1 heteroatoms. The van der Waals surface area contributed by atoms with Crippen molar-refractivity contribution in [1.29, 1.82) is 0 Å². The Labute approximate surface area is 90.8 Å². The molecule has 0 amide bonds. The Morgan fingerprint density at radius 1 is 1.27 bits per heavy atom. The second-order valence-corrected chi connectivity index (χ2v) is 4.38. The lowest BCUT2D eigenvalue weighted by Gasteiger charge is -2.23. The second kappa shape index (κ2) is 4.01. The van der Waals surface area contributed by atoms with Crippen LogP contribution in [-0.2, 0) is 4.79 Å². The van der Waals surface area contributed by atoms with Crippen LogP contribution in [0.5, 0.6) is 0 Å². The van der Waals surface area contributed by atoms with Gasteiger partial charge in [-0.25, -0.2) is 0 Å². The summed E-state index contributed by atoms with van der Waals surface area (Å²) in [7, 11) is 0. The third-order valence-corrected chi connectivity index (χ3v) is 3.16. The molecule has 0 saturated heterocycles. The van der Waals surface area contributed by atoms with Gasteiger partial charge in [-0.3, -0.25) is 4.79 Å². The van der Waals surface area contributed by atoms with Gasteiger partial charge in [0.05, 0.1) is 0 Å². The van der Waals surface area contributed by atoms with Crippen molar-refractivity contribution in [1.82, 2.24) is 0 Å². The molecule has 15 heavy (non-hydrogen) atoms. The summed E-state index contributed by atoms with van der Waals surface area (Å²) in [4.78, 5) is 11.3. The first-order valence-corrected chi connectivity index (χ1v) is 5.44. The molecule has 1 unspecified atom stereocenters. The van der Waals surface area contributed by atoms with E-state index in [1.54, 1.807) is 0 Å². The van der Waals surface area contributed by atoms with Crippen molar-refractivity contribution in [3.63, 3.8) is 0 Å². The van der Waals surface area contributed by atoms with E-state index >= 15 is 0 Å². The van der Waals surface area contributed by atoms with Crippen LogP contribution in [-0.4, -0.2) is 5.78 Å². The van der Waals surface area contributed by atoms with Crippen LogP contribution in [0, 0.1) is 6.92 Å². The molecule has 1 aliphatic carbocycles. The number of hydrogen-bond donors (Lipinski definition) is 0. The van der Waals surface area contributed by atoms with Gasteiger partial charge in [0, 0.05) is 6.42 Å². The summed E-state index contributed by atoms with van der Waals surface area (Å²) in [5.74, 6) is 0.745. The van der Waals surface area contributed by atoms with Gasteiger partial charge < -0.3 is 0 Å². The summed E-state index contributed by atoms with van der Waals surface area (Å²) < 4.78 is 0. The van der Waals surface area contributed by atoms with E-state index in [-0.39, 0.29) is 5.78 Å². The van der Waals surface area contributed by atoms with Crippen LogP contribution in [0.4, 0.5) is 0 Å². The van der Waals surface area contributed by atoms with Crippen LogP contribution in [0.2, 0.25) is 0 Å². The lowest BCUT2D eigenvalue weighted by molar-refractivity contribution is -0.116. The van der Waals surface area contributed by atoms with Gasteiger partial charge in [0.1, 0.15) is 0 Å². The fraction of sp³-hybridized carbons (Fsp3) is 0.357. The summed E-state index contributed by atoms with van der Waals surface area (Å²) in [6, 6.07) is 8.61. The number of carbonyl (C=O) groups is 1. The van der Waals surface area contributed by atoms with Crippen LogP contribution < -0.4 is 0 Å². The second-order valence-electron chi connectivity index (χ2n) is 4.38. The number of allylic oxidation sites excluding steroid dienone is 1. The number of ketones is 1. The lowest BCUT2D eigenvalue weighted by atomic mass is 9.81. The summed E-state index contributed by atoms with van der Waals surface area (Å²) in [5.41, 5.74) is 3.42. The molecule has 1 aliphatic rings. The van der Waals surface area contributed by atoms with Crippen molar-refractivity contribution < 1.29 is 4.79 Å². The van der Waals surface area contributed by atoms with Crippen molar-refractivity contribution in [2.24, 2.45) is 0 Å². The Bertz CT molecular complexity index is 386. The predicted molar refractivity (Wildman–Crippen MR) is 61.9 cm³/mol. The standard InChI is InChI=1S/C14H16O/c1-10-3-5-12(6-4-10)13-7-8-14(15)11(2)9-13/h3-6,13H,2,7-9H2,1H3. The minimum atomic E-state index is 0.248. The first-order chi connectivity index (χ1) is 7.16. The van der Waals surface area contributed by atoms with Gasteiger partial charge in [-0.15, -0.1) is 0 Å². The Kier molecular flexibility index (Phi) is 2.72. The van der Waals surface area contributed by atoms with Gasteiger partial charge in [0.15, 0.2) is 5.78 Å². The van der Waals surface area contributed by atoms with E-state index in [4.69, 9.17) is 0 Å². The molecule has 0 spiro atoms. The third kappa shape index (κ3) is 2.17. The third-order valence-electron chi connectivity index (χ3n) is 3.16. The molecule has 0 aromatic heterocycles. The van der Waals surface area contributed by atoms with E-state index < -0.39 is 0 Å².